The van der Waals surface area contributed by atoms with Crippen molar-refractivity contribution in [2.45, 2.75) is 90.8 Å². The van der Waals surface area contributed by atoms with Crippen molar-refractivity contribution in [2.24, 2.45) is 5.92 Å². The number of hydrogen-bond donors (Lipinski definition) is 0. The quantitative estimate of drug-likeness (QED) is 0.712. The number of hydrogen-bond acceptors (Lipinski definition) is 4. The molecule has 1 aromatic heterocycles. The van der Waals surface area contributed by atoms with Gasteiger partial charge in [-0.1, -0.05) is 51.7 Å². The number of amides is 1. The van der Waals surface area contributed by atoms with Crippen molar-refractivity contribution in [3.8, 4) is 0 Å². The van der Waals surface area contributed by atoms with Crippen molar-refractivity contribution >= 4 is 5.91 Å². The van der Waals surface area contributed by atoms with Crippen molar-refractivity contribution in [1.82, 2.24) is 24.8 Å². The van der Waals surface area contributed by atoms with Gasteiger partial charge in [0.2, 0.25) is 5.91 Å². The first-order valence-electron chi connectivity index (χ1n) is 11.0. The molecule has 1 saturated carbocycles. The molecule has 0 unspecified atom stereocenters. The van der Waals surface area contributed by atoms with Crippen LogP contribution in [0.1, 0.15) is 83.9 Å². The van der Waals surface area contributed by atoms with Gasteiger partial charge in [0.05, 0.1) is 17.9 Å². The predicted molar refractivity (Wildman–Crippen MR) is 107 cm³/mol. The minimum Gasteiger partial charge on any atom is -0.342 e. The van der Waals surface area contributed by atoms with E-state index in [1.54, 1.807) is 0 Å². The lowest BCUT2D eigenvalue weighted by Crippen LogP contribution is -2.41. The van der Waals surface area contributed by atoms with Crippen LogP contribution in [0.4, 0.5) is 0 Å². The highest BCUT2D eigenvalue weighted by Crippen LogP contribution is 2.25. The van der Waals surface area contributed by atoms with Crippen LogP contribution in [0.3, 0.4) is 0 Å². The molecule has 1 aromatic rings. The average molecular weight is 376 g/mol. The number of nitrogens with zero attached hydrogens (tertiary/aromatic N) is 5. The van der Waals surface area contributed by atoms with E-state index in [-0.39, 0.29) is 11.8 Å². The highest BCUT2D eigenvalue weighted by atomic mass is 16.2. The number of carbonyl (C=O) groups is 1. The summed E-state index contributed by atoms with van der Waals surface area (Å²) in [5.74, 6) is 0.359. The molecule has 1 aliphatic carbocycles. The molecule has 1 amide bonds. The molecule has 0 radical (unpaired) electrons. The lowest BCUT2D eigenvalue weighted by molar-refractivity contribution is -0.135. The van der Waals surface area contributed by atoms with E-state index in [1.165, 1.54) is 38.5 Å². The predicted octanol–water partition coefficient (Wildman–Crippen LogP) is 3.64. The summed E-state index contributed by atoms with van der Waals surface area (Å²) >= 11 is 0. The molecule has 152 valence electrons. The third kappa shape index (κ3) is 5.31. The van der Waals surface area contributed by atoms with Gasteiger partial charge in [0.15, 0.2) is 0 Å². The Hall–Kier alpha value is -1.43. The van der Waals surface area contributed by atoms with Crippen LogP contribution in [0.2, 0.25) is 0 Å². The minimum atomic E-state index is 0.0866. The Labute approximate surface area is 164 Å². The van der Waals surface area contributed by atoms with Gasteiger partial charge in [-0.3, -0.25) is 9.69 Å². The molecule has 6 heteroatoms. The number of rotatable bonds is 6. The Balaban J connectivity index is 1.54. The maximum atomic E-state index is 12.2. The summed E-state index contributed by atoms with van der Waals surface area (Å²) in [6, 6.07) is 1.07. The smallest absolute Gasteiger partial charge is 0.225 e. The summed E-state index contributed by atoms with van der Waals surface area (Å²) in [6.45, 7) is 9.87. The molecule has 3 rings (SSSR count). The van der Waals surface area contributed by atoms with Crippen LogP contribution in [-0.4, -0.2) is 56.4 Å². The van der Waals surface area contributed by atoms with Crippen molar-refractivity contribution in [1.29, 1.82) is 0 Å². The largest absolute Gasteiger partial charge is 0.342 e. The molecule has 0 N–H and O–H groups in total. The molecule has 0 spiro atoms. The zero-order valence-electron chi connectivity index (χ0n) is 17.4. The monoisotopic (exact) mass is 375 g/mol. The Morgan fingerprint density at radius 2 is 1.81 bits per heavy atom. The van der Waals surface area contributed by atoms with Gasteiger partial charge >= 0.3 is 0 Å². The summed E-state index contributed by atoms with van der Waals surface area (Å²) in [4.78, 5) is 16.8. The van der Waals surface area contributed by atoms with Gasteiger partial charge in [0, 0.05) is 31.6 Å². The van der Waals surface area contributed by atoms with E-state index < -0.39 is 0 Å². The van der Waals surface area contributed by atoms with E-state index in [0.29, 0.717) is 12.1 Å². The maximum absolute atomic E-state index is 12.2. The number of aromatic nitrogens is 3. The molecular formula is C21H37N5O. The Kier molecular flexibility index (Phi) is 7.27. The van der Waals surface area contributed by atoms with Crippen LogP contribution in [-0.2, 0) is 11.3 Å². The molecular weight excluding hydrogens is 338 g/mol. The second-order valence-electron chi connectivity index (χ2n) is 8.61. The topological polar surface area (TPSA) is 54.3 Å². The summed E-state index contributed by atoms with van der Waals surface area (Å²) in [7, 11) is 0. The molecule has 1 aliphatic heterocycles. The van der Waals surface area contributed by atoms with Gasteiger partial charge < -0.3 is 4.90 Å². The fourth-order valence-electron chi connectivity index (χ4n) is 4.61. The summed E-state index contributed by atoms with van der Waals surface area (Å²) in [6.07, 6.45) is 12.2. The fourth-order valence-corrected chi connectivity index (χ4v) is 4.61. The number of piperidine rings is 1. The SMILES string of the molecule is CCN(Cc1cn(C2CCN(C(=O)C(C)C)CC2)nn1)C1CCCCCC1. The third-order valence-corrected chi connectivity index (χ3v) is 6.31. The first kappa shape index (κ1) is 20.3. The lowest BCUT2D eigenvalue weighted by atomic mass is 10.0. The van der Waals surface area contributed by atoms with Crippen molar-refractivity contribution in [3.63, 3.8) is 0 Å². The zero-order valence-corrected chi connectivity index (χ0v) is 17.4. The van der Waals surface area contributed by atoms with E-state index >= 15 is 0 Å². The molecule has 2 heterocycles. The van der Waals surface area contributed by atoms with Gasteiger partial charge in [-0.05, 0) is 32.2 Å². The van der Waals surface area contributed by atoms with Crippen molar-refractivity contribution in [3.05, 3.63) is 11.9 Å². The summed E-state index contributed by atoms with van der Waals surface area (Å²) in [5.41, 5.74) is 1.08. The Bertz CT molecular complexity index is 583. The normalized spacial score (nSPS) is 20.4. The second kappa shape index (κ2) is 9.67. The first-order valence-corrected chi connectivity index (χ1v) is 11.0. The molecule has 27 heavy (non-hydrogen) atoms. The summed E-state index contributed by atoms with van der Waals surface area (Å²) < 4.78 is 2.05. The van der Waals surface area contributed by atoms with Crippen LogP contribution < -0.4 is 0 Å². The van der Waals surface area contributed by atoms with Gasteiger partial charge in [0.25, 0.3) is 0 Å². The average Bonchev–Trinajstić information content (AvgIpc) is 2.98. The van der Waals surface area contributed by atoms with Crippen LogP contribution in [0.15, 0.2) is 6.20 Å². The second-order valence-corrected chi connectivity index (χ2v) is 8.61. The summed E-state index contributed by atoms with van der Waals surface area (Å²) in [5, 5.41) is 8.90. The molecule has 1 saturated heterocycles. The van der Waals surface area contributed by atoms with Gasteiger partial charge in [0.1, 0.15) is 0 Å². The molecule has 0 atom stereocenters. The van der Waals surface area contributed by atoms with Gasteiger partial charge in [-0.15, -0.1) is 5.10 Å². The molecule has 2 fully saturated rings. The molecule has 2 aliphatic rings. The third-order valence-electron chi connectivity index (χ3n) is 6.31. The van der Waals surface area contributed by atoms with E-state index in [9.17, 15) is 4.79 Å². The van der Waals surface area contributed by atoms with Gasteiger partial charge in [-0.2, -0.15) is 0 Å². The van der Waals surface area contributed by atoms with Crippen molar-refractivity contribution < 1.29 is 4.79 Å². The van der Waals surface area contributed by atoms with Crippen molar-refractivity contribution in [2.75, 3.05) is 19.6 Å². The highest BCUT2D eigenvalue weighted by molar-refractivity contribution is 5.78. The minimum absolute atomic E-state index is 0.0866. The van der Waals surface area contributed by atoms with Gasteiger partial charge in [-0.25, -0.2) is 4.68 Å². The molecule has 0 bridgehead atoms. The standard InChI is InChI=1S/C21H37N5O/c1-4-24(19-9-7-5-6-8-10-19)15-18-16-26(23-22-18)20-11-13-25(14-12-20)21(27)17(2)3/h16-17,19-20H,4-15H2,1-3H3. The Morgan fingerprint density at radius 1 is 1.15 bits per heavy atom. The molecule has 6 nitrogen and oxygen atoms in total. The van der Waals surface area contributed by atoms with Crippen LogP contribution >= 0.6 is 0 Å². The maximum Gasteiger partial charge on any atom is 0.225 e. The fraction of sp³-hybridized carbons (Fsp3) is 0.857. The van der Waals surface area contributed by atoms with Crippen LogP contribution in [0.5, 0.6) is 0 Å². The van der Waals surface area contributed by atoms with Crippen LogP contribution in [0, 0.1) is 5.92 Å². The molecule has 0 aromatic carbocycles. The van der Waals surface area contributed by atoms with E-state index in [0.717, 1.165) is 44.7 Å². The highest BCUT2D eigenvalue weighted by Gasteiger charge is 2.26. The Morgan fingerprint density at radius 3 is 2.41 bits per heavy atom. The van der Waals surface area contributed by atoms with E-state index in [1.807, 2.05) is 23.4 Å². The first-order chi connectivity index (χ1) is 13.1. The number of likely N-dealkylation sites (tertiary alicyclic amines) is 1. The van der Waals surface area contributed by atoms with E-state index in [4.69, 9.17) is 0 Å². The zero-order chi connectivity index (χ0) is 19.2. The lowest BCUT2D eigenvalue weighted by Gasteiger charge is -2.33. The number of carbonyl (C=O) groups excluding carboxylic acids is 1. The van der Waals surface area contributed by atoms with E-state index in [2.05, 4.69) is 28.3 Å². The van der Waals surface area contributed by atoms with Crippen LogP contribution in [0.25, 0.3) is 0 Å².